The van der Waals surface area contributed by atoms with Crippen LogP contribution in [0.1, 0.15) is 10.5 Å². The summed E-state index contributed by atoms with van der Waals surface area (Å²) in [6.07, 6.45) is -1.93. The topological polar surface area (TPSA) is 103 Å². The lowest BCUT2D eigenvalue weighted by molar-refractivity contribution is -0.134. The Hall–Kier alpha value is -2.09. The third kappa shape index (κ3) is 3.31. The molecule has 0 radical (unpaired) electrons. The minimum absolute atomic E-state index is 0.0302. The van der Waals surface area contributed by atoms with Gasteiger partial charge in [0, 0.05) is 29.0 Å². The Kier molecular flexibility index (Phi) is 4.25. The first-order chi connectivity index (χ1) is 10.9. The SMILES string of the molecule is O=C(OCC(=O)N1CC(O)C(O)C1)c1cc2cc(Cl)ccc2[nH]1. The maximum atomic E-state index is 12.0. The molecule has 0 saturated carbocycles. The molecule has 0 aliphatic carbocycles. The molecule has 122 valence electrons. The van der Waals surface area contributed by atoms with E-state index in [9.17, 15) is 19.8 Å². The predicted molar refractivity (Wildman–Crippen MR) is 82.2 cm³/mol. The van der Waals surface area contributed by atoms with Crippen molar-refractivity contribution in [1.82, 2.24) is 9.88 Å². The van der Waals surface area contributed by atoms with Gasteiger partial charge >= 0.3 is 5.97 Å². The summed E-state index contributed by atoms with van der Waals surface area (Å²) in [4.78, 5) is 28.0. The molecule has 1 saturated heterocycles. The Morgan fingerprint density at radius 1 is 1.26 bits per heavy atom. The number of β-amino-alcohol motifs (C(OH)–C–C–N with tert-alkyl or cyclic N) is 2. The molecular formula is C15H15ClN2O5. The van der Waals surface area contributed by atoms with Crippen LogP contribution in [0, 0.1) is 0 Å². The van der Waals surface area contributed by atoms with E-state index in [2.05, 4.69) is 4.98 Å². The summed E-state index contributed by atoms with van der Waals surface area (Å²) >= 11 is 5.89. The molecule has 0 bridgehead atoms. The number of likely N-dealkylation sites (tertiary alicyclic amines) is 1. The molecule has 2 atom stereocenters. The number of aliphatic hydroxyl groups is 2. The number of ether oxygens (including phenoxy) is 1. The van der Waals surface area contributed by atoms with Gasteiger partial charge in [-0.25, -0.2) is 4.79 Å². The van der Waals surface area contributed by atoms with Gasteiger partial charge in [-0.3, -0.25) is 4.79 Å². The second-order valence-corrected chi connectivity index (χ2v) is 5.86. The Morgan fingerprint density at radius 2 is 1.96 bits per heavy atom. The minimum atomic E-state index is -0.965. The number of aliphatic hydroxyl groups excluding tert-OH is 2. The van der Waals surface area contributed by atoms with Crippen LogP contribution in [-0.2, 0) is 9.53 Å². The second kappa shape index (κ2) is 6.19. The monoisotopic (exact) mass is 338 g/mol. The summed E-state index contributed by atoms with van der Waals surface area (Å²) in [7, 11) is 0. The number of halogens is 1. The van der Waals surface area contributed by atoms with E-state index in [1.165, 1.54) is 4.90 Å². The van der Waals surface area contributed by atoms with E-state index in [0.717, 1.165) is 10.9 Å². The van der Waals surface area contributed by atoms with Crippen LogP contribution in [-0.4, -0.2) is 63.9 Å². The van der Waals surface area contributed by atoms with E-state index in [1.807, 2.05) is 0 Å². The number of amides is 1. The van der Waals surface area contributed by atoms with Gasteiger partial charge < -0.3 is 24.8 Å². The number of carbonyl (C=O) groups is 2. The smallest absolute Gasteiger partial charge is 0.355 e. The molecule has 0 spiro atoms. The van der Waals surface area contributed by atoms with Crippen LogP contribution in [0.25, 0.3) is 10.9 Å². The molecule has 1 aliphatic rings. The van der Waals surface area contributed by atoms with Crippen molar-refractivity contribution < 1.29 is 24.5 Å². The van der Waals surface area contributed by atoms with Gasteiger partial charge in [0.25, 0.3) is 5.91 Å². The largest absolute Gasteiger partial charge is 0.451 e. The van der Waals surface area contributed by atoms with E-state index in [0.29, 0.717) is 5.02 Å². The van der Waals surface area contributed by atoms with Gasteiger partial charge in [0.05, 0.1) is 12.2 Å². The van der Waals surface area contributed by atoms with Crippen molar-refractivity contribution in [2.45, 2.75) is 12.2 Å². The molecule has 1 amide bonds. The molecule has 7 nitrogen and oxygen atoms in total. The molecule has 2 heterocycles. The van der Waals surface area contributed by atoms with Crippen LogP contribution in [0.5, 0.6) is 0 Å². The van der Waals surface area contributed by atoms with Crippen molar-refractivity contribution >= 4 is 34.4 Å². The van der Waals surface area contributed by atoms with Gasteiger partial charge in [-0.05, 0) is 24.3 Å². The number of rotatable bonds is 3. The van der Waals surface area contributed by atoms with Gasteiger partial charge in [-0.1, -0.05) is 11.6 Å². The number of esters is 1. The standard InChI is InChI=1S/C15H15ClN2O5/c16-9-1-2-10-8(3-9)4-11(17-10)15(22)23-7-14(21)18-5-12(19)13(20)6-18/h1-4,12-13,17,19-20H,5-7H2. The van der Waals surface area contributed by atoms with Crippen LogP contribution in [0.2, 0.25) is 5.02 Å². The fourth-order valence-electron chi connectivity index (χ4n) is 2.48. The molecule has 3 N–H and O–H groups in total. The average Bonchev–Trinajstić information content (AvgIpc) is 3.08. The van der Waals surface area contributed by atoms with E-state index in [-0.39, 0.29) is 18.8 Å². The quantitative estimate of drug-likeness (QED) is 0.709. The number of hydrogen-bond donors (Lipinski definition) is 3. The zero-order valence-electron chi connectivity index (χ0n) is 12.0. The molecule has 1 aromatic heterocycles. The number of fused-ring (bicyclic) bond motifs is 1. The summed E-state index contributed by atoms with van der Waals surface area (Å²) < 4.78 is 4.97. The number of hydrogen-bond acceptors (Lipinski definition) is 5. The number of carbonyl (C=O) groups excluding carboxylic acids is 2. The molecular weight excluding hydrogens is 324 g/mol. The maximum absolute atomic E-state index is 12.0. The van der Waals surface area contributed by atoms with Crippen LogP contribution in [0.15, 0.2) is 24.3 Å². The zero-order valence-corrected chi connectivity index (χ0v) is 12.8. The molecule has 8 heteroatoms. The first-order valence-electron chi connectivity index (χ1n) is 7.03. The third-order valence-electron chi connectivity index (χ3n) is 3.74. The summed E-state index contributed by atoms with van der Waals surface area (Å²) in [5, 5.41) is 20.1. The van der Waals surface area contributed by atoms with Crippen molar-refractivity contribution in [3.63, 3.8) is 0 Å². The molecule has 2 unspecified atom stereocenters. The third-order valence-corrected chi connectivity index (χ3v) is 3.98. The number of aromatic nitrogens is 1. The molecule has 1 aliphatic heterocycles. The first-order valence-corrected chi connectivity index (χ1v) is 7.41. The predicted octanol–water partition coefficient (Wildman–Crippen LogP) is 0.542. The zero-order chi connectivity index (χ0) is 16.6. The van der Waals surface area contributed by atoms with Crippen molar-refractivity contribution in [3.8, 4) is 0 Å². The van der Waals surface area contributed by atoms with Gasteiger partial charge in [0.2, 0.25) is 0 Å². The number of nitrogens with one attached hydrogen (secondary N) is 1. The van der Waals surface area contributed by atoms with E-state index < -0.39 is 30.7 Å². The van der Waals surface area contributed by atoms with Crippen molar-refractivity contribution in [3.05, 3.63) is 35.0 Å². The molecule has 1 aromatic carbocycles. The average molecular weight is 339 g/mol. The van der Waals surface area contributed by atoms with Gasteiger partial charge in [0.15, 0.2) is 6.61 Å². The second-order valence-electron chi connectivity index (χ2n) is 5.42. The van der Waals surface area contributed by atoms with Gasteiger partial charge in [0.1, 0.15) is 5.69 Å². The Balaban J connectivity index is 1.61. The highest BCUT2D eigenvalue weighted by Crippen LogP contribution is 2.20. The van der Waals surface area contributed by atoms with Crippen LogP contribution in [0.4, 0.5) is 0 Å². The van der Waals surface area contributed by atoms with E-state index in [1.54, 1.807) is 24.3 Å². The van der Waals surface area contributed by atoms with Crippen molar-refractivity contribution in [1.29, 1.82) is 0 Å². The van der Waals surface area contributed by atoms with E-state index in [4.69, 9.17) is 16.3 Å². The number of benzene rings is 1. The van der Waals surface area contributed by atoms with Crippen LogP contribution in [0.3, 0.4) is 0 Å². The lowest BCUT2D eigenvalue weighted by atomic mass is 10.2. The van der Waals surface area contributed by atoms with Crippen molar-refractivity contribution in [2.24, 2.45) is 0 Å². The fraction of sp³-hybridized carbons (Fsp3) is 0.333. The van der Waals surface area contributed by atoms with Crippen LogP contribution >= 0.6 is 11.6 Å². The maximum Gasteiger partial charge on any atom is 0.355 e. The highest BCUT2D eigenvalue weighted by molar-refractivity contribution is 6.31. The van der Waals surface area contributed by atoms with Gasteiger partial charge in [-0.2, -0.15) is 0 Å². The van der Waals surface area contributed by atoms with E-state index >= 15 is 0 Å². The Morgan fingerprint density at radius 3 is 2.65 bits per heavy atom. The lowest BCUT2D eigenvalue weighted by Gasteiger charge is -2.14. The van der Waals surface area contributed by atoms with Crippen LogP contribution < -0.4 is 0 Å². The fourth-order valence-corrected chi connectivity index (χ4v) is 2.66. The number of aromatic amines is 1. The summed E-state index contributed by atoms with van der Waals surface area (Å²) in [6.45, 7) is -0.390. The lowest BCUT2D eigenvalue weighted by Crippen LogP contribution is -2.33. The first kappa shape index (κ1) is 15.8. The Labute approximate surface area is 136 Å². The summed E-state index contributed by atoms with van der Waals surface area (Å²) in [6, 6.07) is 6.75. The highest BCUT2D eigenvalue weighted by Gasteiger charge is 2.32. The summed E-state index contributed by atoms with van der Waals surface area (Å²) in [5.74, 6) is -1.13. The highest BCUT2D eigenvalue weighted by atomic mass is 35.5. The number of nitrogens with zero attached hydrogens (tertiary/aromatic N) is 1. The van der Waals surface area contributed by atoms with Gasteiger partial charge in [-0.15, -0.1) is 0 Å². The molecule has 3 rings (SSSR count). The molecule has 1 fully saturated rings. The Bertz CT molecular complexity index is 749. The minimum Gasteiger partial charge on any atom is -0.451 e. The molecule has 23 heavy (non-hydrogen) atoms. The number of H-pyrrole nitrogens is 1. The summed E-state index contributed by atoms with van der Waals surface area (Å²) in [5.41, 5.74) is 0.954. The van der Waals surface area contributed by atoms with Crippen molar-refractivity contribution in [2.75, 3.05) is 19.7 Å². The normalized spacial score (nSPS) is 20.9. The molecule has 2 aromatic rings.